The first kappa shape index (κ1) is 9.72. The van der Waals surface area contributed by atoms with Crippen LogP contribution in [0.3, 0.4) is 0 Å². The second-order valence-electron chi connectivity index (χ2n) is 4.80. The van der Waals surface area contributed by atoms with E-state index in [0.717, 1.165) is 6.42 Å². The molecule has 0 aliphatic heterocycles. The van der Waals surface area contributed by atoms with Gasteiger partial charge in [-0.15, -0.1) is 0 Å². The van der Waals surface area contributed by atoms with Crippen molar-refractivity contribution in [1.82, 2.24) is 0 Å². The van der Waals surface area contributed by atoms with E-state index in [2.05, 4.69) is 32.0 Å². The van der Waals surface area contributed by atoms with Crippen LogP contribution in [-0.2, 0) is 18.3 Å². The fraction of sp³-hybridized carbons (Fsp3) is 0.538. The number of benzene rings is 1. The Balaban J connectivity index is 2.45. The highest BCUT2D eigenvalue weighted by Crippen LogP contribution is 2.39. The highest BCUT2D eigenvalue weighted by atomic mass is 16.2. The number of hydrogen-bond donors (Lipinski definition) is 1. The van der Waals surface area contributed by atoms with Crippen LogP contribution in [0.5, 0.6) is 0 Å². The third kappa shape index (κ3) is 1.46. The van der Waals surface area contributed by atoms with E-state index < -0.39 is 0 Å². The van der Waals surface area contributed by atoms with Crippen molar-refractivity contribution in [1.29, 1.82) is 0 Å². The molecular weight excluding hydrogens is 172 g/mol. The molecule has 1 aliphatic carbocycles. The molecular formula is C13H18O. The summed E-state index contributed by atoms with van der Waals surface area (Å²) in [7, 11) is 0. The minimum Gasteiger partial charge on any atom is -0.396 e. The van der Waals surface area contributed by atoms with Crippen LogP contribution in [-0.4, -0.2) is 11.7 Å². The van der Waals surface area contributed by atoms with Gasteiger partial charge in [0.2, 0.25) is 0 Å². The van der Waals surface area contributed by atoms with E-state index in [9.17, 15) is 0 Å². The summed E-state index contributed by atoms with van der Waals surface area (Å²) in [6, 6.07) is 6.51. The van der Waals surface area contributed by atoms with E-state index in [-0.39, 0.29) is 6.61 Å². The van der Waals surface area contributed by atoms with Gasteiger partial charge in [-0.25, -0.2) is 0 Å². The zero-order valence-corrected chi connectivity index (χ0v) is 9.01. The molecule has 0 fully saturated rings. The third-order valence-electron chi connectivity index (χ3n) is 3.38. The molecule has 1 aliphatic rings. The van der Waals surface area contributed by atoms with Crippen LogP contribution in [0.1, 0.15) is 37.0 Å². The molecule has 1 aromatic rings. The predicted molar refractivity (Wildman–Crippen MR) is 58.6 cm³/mol. The van der Waals surface area contributed by atoms with Crippen molar-refractivity contribution in [2.24, 2.45) is 0 Å². The molecule has 0 amide bonds. The summed E-state index contributed by atoms with van der Waals surface area (Å²) in [5.74, 6) is 0. The first-order chi connectivity index (χ1) is 6.65. The molecule has 76 valence electrons. The molecule has 0 saturated heterocycles. The van der Waals surface area contributed by atoms with Gasteiger partial charge in [0.05, 0.1) is 0 Å². The normalized spacial score (nSPS) is 18.2. The quantitative estimate of drug-likeness (QED) is 0.759. The van der Waals surface area contributed by atoms with Crippen molar-refractivity contribution >= 4 is 0 Å². The lowest BCUT2D eigenvalue weighted by Crippen LogP contribution is -2.11. The van der Waals surface area contributed by atoms with Crippen LogP contribution in [0.25, 0.3) is 0 Å². The lowest BCUT2D eigenvalue weighted by molar-refractivity contribution is 0.299. The third-order valence-corrected chi connectivity index (χ3v) is 3.38. The van der Waals surface area contributed by atoms with Gasteiger partial charge in [0, 0.05) is 6.61 Å². The van der Waals surface area contributed by atoms with E-state index in [0.29, 0.717) is 5.41 Å². The van der Waals surface area contributed by atoms with Crippen molar-refractivity contribution < 1.29 is 5.11 Å². The van der Waals surface area contributed by atoms with Gasteiger partial charge in [-0.05, 0) is 41.4 Å². The van der Waals surface area contributed by atoms with E-state index in [1.165, 1.54) is 29.5 Å². The second-order valence-corrected chi connectivity index (χ2v) is 4.80. The predicted octanol–water partition coefficient (Wildman–Crippen LogP) is 2.45. The lowest BCUT2D eigenvalue weighted by atomic mass is 9.86. The van der Waals surface area contributed by atoms with E-state index in [1.807, 2.05) is 0 Å². The largest absolute Gasteiger partial charge is 0.396 e. The number of aliphatic hydroxyl groups excluding tert-OH is 1. The van der Waals surface area contributed by atoms with Crippen molar-refractivity contribution in [3.05, 3.63) is 34.9 Å². The van der Waals surface area contributed by atoms with Crippen LogP contribution in [0.4, 0.5) is 0 Å². The lowest BCUT2D eigenvalue weighted by Gasteiger charge is -2.19. The standard InChI is InChI=1S/C13H18O/c1-13(2)8-6-11-10(7-9-14)4-3-5-12(11)13/h3-5,14H,6-9H2,1-2H3. The highest BCUT2D eigenvalue weighted by molar-refractivity contribution is 5.43. The van der Waals surface area contributed by atoms with Crippen LogP contribution >= 0.6 is 0 Å². The van der Waals surface area contributed by atoms with Gasteiger partial charge in [0.15, 0.2) is 0 Å². The molecule has 0 unspecified atom stereocenters. The topological polar surface area (TPSA) is 20.2 Å². The van der Waals surface area contributed by atoms with Crippen LogP contribution in [0, 0.1) is 0 Å². The monoisotopic (exact) mass is 190 g/mol. The van der Waals surface area contributed by atoms with Gasteiger partial charge >= 0.3 is 0 Å². The van der Waals surface area contributed by atoms with Crippen LogP contribution in [0.15, 0.2) is 18.2 Å². The SMILES string of the molecule is CC1(C)CCc2c(CCO)cccc21. The number of fused-ring (bicyclic) bond motifs is 1. The first-order valence-corrected chi connectivity index (χ1v) is 5.37. The highest BCUT2D eigenvalue weighted by Gasteiger charge is 2.30. The molecule has 1 N–H and O–H groups in total. The van der Waals surface area contributed by atoms with E-state index in [4.69, 9.17) is 5.11 Å². The van der Waals surface area contributed by atoms with Gasteiger partial charge < -0.3 is 5.11 Å². The fourth-order valence-corrected chi connectivity index (χ4v) is 2.49. The van der Waals surface area contributed by atoms with Crippen molar-refractivity contribution in [2.45, 2.75) is 38.5 Å². The average molecular weight is 190 g/mol. The molecule has 0 radical (unpaired) electrons. The minimum absolute atomic E-state index is 0.261. The number of aliphatic hydroxyl groups is 1. The Labute approximate surface area is 85.8 Å². The molecule has 14 heavy (non-hydrogen) atoms. The molecule has 1 nitrogen and oxygen atoms in total. The number of rotatable bonds is 2. The zero-order chi connectivity index (χ0) is 10.2. The summed E-state index contributed by atoms with van der Waals surface area (Å²) < 4.78 is 0. The zero-order valence-electron chi connectivity index (χ0n) is 9.01. The molecule has 0 saturated carbocycles. The summed E-state index contributed by atoms with van der Waals surface area (Å²) in [5.41, 5.74) is 4.66. The summed E-state index contributed by atoms with van der Waals surface area (Å²) in [6.45, 7) is 4.88. The van der Waals surface area contributed by atoms with Gasteiger partial charge in [-0.2, -0.15) is 0 Å². The van der Waals surface area contributed by atoms with Crippen molar-refractivity contribution in [3.63, 3.8) is 0 Å². The first-order valence-electron chi connectivity index (χ1n) is 5.37. The van der Waals surface area contributed by atoms with E-state index in [1.54, 1.807) is 0 Å². The summed E-state index contributed by atoms with van der Waals surface area (Å²) in [4.78, 5) is 0. The molecule has 0 bridgehead atoms. The van der Waals surface area contributed by atoms with Crippen LogP contribution < -0.4 is 0 Å². The number of hydrogen-bond acceptors (Lipinski definition) is 1. The Hall–Kier alpha value is -0.820. The Kier molecular flexibility index (Phi) is 2.36. The molecule has 0 atom stereocenters. The molecule has 1 aromatic carbocycles. The van der Waals surface area contributed by atoms with Gasteiger partial charge in [-0.1, -0.05) is 32.0 Å². The maximum atomic E-state index is 8.98. The molecule has 2 rings (SSSR count). The Bertz CT molecular complexity index is 339. The Morgan fingerprint density at radius 2 is 2.14 bits per heavy atom. The Morgan fingerprint density at radius 1 is 1.36 bits per heavy atom. The summed E-state index contributed by atoms with van der Waals surface area (Å²) in [5, 5.41) is 8.98. The van der Waals surface area contributed by atoms with Gasteiger partial charge in [0.25, 0.3) is 0 Å². The van der Waals surface area contributed by atoms with E-state index >= 15 is 0 Å². The maximum Gasteiger partial charge on any atom is 0.0471 e. The summed E-state index contributed by atoms with van der Waals surface area (Å²) in [6.07, 6.45) is 3.22. The molecule has 0 spiro atoms. The van der Waals surface area contributed by atoms with Gasteiger partial charge in [0.1, 0.15) is 0 Å². The van der Waals surface area contributed by atoms with Crippen molar-refractivity contribution in [2.75, 3.05) is 6.61 Å². The van der Waals surface area contributed by atoms with Crippen molar-refractivity contribution in [3.8, 4) is 0 Å². The smallest absolute Gasteiger partial charge is 0.0471 e. The Morgan fingerprint density at radius 3 is 2.86 bits per heavy atom. The molecule has 1 heteroatoms. The fourth-order valence-electron chi connectivity index (χ4n) is 2.49. The van der Waals surface area contributed by atoms with Crippen LogP contribution in [0.2, 0.25) is 0 Å². The average Bonchev–Trinajstić information content (AvgIpc) is 2.45. The molecule has 0 heterocycles. The second kappa shape index (κ2) is 3.39. The van der Waals surface area contributed by atoms with Gasteiger partial charge in [-0.3, -0.25) is 0 Å². The molecule has 0 aromatic heterocycles. The maximum absolute atomic E-state index is 8.98. The summed E-state index contributed by atoms with van der Waals surface area (Å²) >= 11 is 0. The minimum atomic E-state index is 0.261.